The summed E-state index contributed by atoms with van der Waals surface area (Å²) in [5.41, 5.74) is 0.803. The first-order valence-corrected chi connectivity index (χ1v) is 5.52. The topological polar surface area (TPSA) is 80.0 Å². The fourth-order valence-corrected chi connectivity index (χ4v) is 1.26. The second kappa shape index (κ2) is 6.95. The van der Waals surface area contributed by atoms with E-state index in [4.69, 9.17) is 5.11 Å². The van der Waals surface area contributed by atoms with Gasteiger partial charge >= 0.3 is 0 Å². The molecule has 0 aliphatic carbocycles. The molecule has 1 rings (SSSR count). The number of aromatic nitrogens is 3. The van der Waals surface area contributed by atoms with Gasteiger partial charge in [0.1, 0.15) is 6.54 Å². The number of hydrogen-bond donors (Lipinski definition) is 2. The van der Waals surface area contributed by atoms with Gasteiger partial charge in [-0.25, -0.2) is 4.68 Å². The van der Waals surface area contributed by atoms with Gasteiger partial charge in [0.25, 0.3) is 0 Å². The Morgan fingerprint density at radius 2 is 2.44 bits per heavy atom. The number of aryl methyl sites for hydroxylation is 1. The lowest BCUT2D eigenvalue weighted by atomic mass is 10.3. The summed E-state index contributed by atoms with van der Waals surface area (Å²) in [4.78, 5) is 11.4. The summed E-state index contributed by atoms with van der Waals surface area (Å²) in [7, 11) is 0. The van der Waals surface area contributed by atoms with Crippen LogP contribution in [0.3, 0.4) is 0 Å². The zero-order valence-corrected chi connectivity index (χ0v) is 9.52. The predicted molar refractivity (Wildman–Crippen MR) is 58.7 cm³/mol. The van der Waals surface area contributed by atoms with Crippen LogP contribution >= 0.6 is 0 Å². The van der Waals surface area contributed by atoms with Crippen LogP contribution in [0.1, 0.15) is 25.5 Å². The molecule has 6 nitrogen and oxygen atoms in total. The van der Waals surface area contributed by atoms with Gasteiger partial charge in [-0.15, -0.1) is 5.10 Å². The van der Waals surface area contributed by atoms with Crippen LogP contribution in [0.15, 0.2) is 6.20 Å². The highest BCUT2D eigenvalue weighted by molar-refractivity contribution is 5.75. The highest BCUT2D eigenvalue weighted by Crippen LogP contribution is 1.97. The van der Waals surface area contributed by atoms with Crippen molar-refractivity contribution in [1.82, 2.24) is 20.3 Å². The van der Waals surface area contributed by atoms with Gasteiger partial charge < -0.3 is 10.4 Å². The minimum Gasteiger partial charge on any atom is -0.396 e. The van der Waals surface area contributed by atoms with Gasteiger partial charge in [0.2, 0.25) is 5.91 Å². The average molecular weight is 226 g/mol. The Bertz CT molecular complexity index is 324. The molecule has 0 aromatic carbocycles. The maximum Gasteiger partial charge on any atom is 0.241 e. The number of hydrogen-bond acceptors (Lipinski definition) is 4. The summed E-state index contributed by atoms with van der Waals surface area (Å²) in [6.45, 7) is 3.03. The van der Waals surface area contributed by atoms with E-state index in [9.17, 15) is 4.79 Å². The van der Waals surface area contributed by atoms with Crippen LogP contribution < -0.4 is 5.32 Å². The molecule has 6 heteroatoms. The third kappa shape index (κ3) is 4.39. The number of nitrogens with zero attached hydrogens (tertiary/aromatic N) is 3. The summed E-state index contributed by atoms with van der Waals surface area (Å²) < 4.78 is 1.51. The number of carbonyl (C=O) groups is 1. The molecular formula is C10H18N4O2. The molecule has 1 aromatic heterocycles. The third-order valence-electron chi connectivity index (χ3n) is 2.05. The molecule has 0 saturated carbocycles. The normalized spacial score (nSPS) is 10.4. The fraction of sp³-hybridized carbons (Fsp3) is 0.700. The lowest BCUT2D eigenvalue weighted by molar-refractivity contribution is -0.121. The number of carbonyl (C=O) groups excluding carboxylic acids is 1. The van der Waals surface area contributed by atoms with Gasteiger partial charge in [-0.2, -0.15) is 0 Å². The Morgan fingerprint density at radius 1 is 1.62 bits per heavy atom. The molecule has 90 valence electrons. The van der Waals surface area contributed by atoms with E-state index in [1.807, 2.05) is 6.92 Å². The number of aliphatic hydroxyl groups excluding tert-OH is 1. The average Bonchev–Trinajstić information content (AvgIpc) is 2.71. The maximum absolute atomic E-state index is 11.4. The Balaban J connectivity index is 2.36. The van der Waals surface area contributed by atoms with E-state index >= 15 is 0 Å². The molecule has 0 aliphatic heterocycles. The summed E-state index contributed by atoms with van der Waals surface area (Å²) >= 11 is 0. The molecule has 1 aromatic rings. The summed E-state index contributed by atoms with van der Waals surface area (Å²) in [5.74, 6) is -0.0551. The van der Waals surface area contributed by atoms with Crippen molar-refractivity contribution in [3.05, 3.63) is 11.9 Å². The molecule has 0 fully saturated rings. The van der Waals surface area contributed by atoms with Gasteiger partial charge in [0, 0.05) is 19.3 Å². The smallest absolute Gasteiger partial charge is 0.241 e. The summed E-state index contributed by atoms with van der Waals surface area (Å²) in [6, 6.07) is 0. The third-order valence-corrected chi connectivity index (χ3v) is 2.05. The lowest BCUT2D eigenvalue weighted by Crippen LogP contribution is -2.28. The molecule has 0 atom stereocenters. The quantitative estimate of drug-likeness (QED) is 0.670. The Kier molecular flexibility index (Phi) is 5.49. The molecular weight excluding hydrogens is 208 g/mol. The van der Waals surface area contributed by atoms with Crippen LogP contribution in [0.4, 0.5) is 0 Å². The predicted octanol–water partition coefficient (Wildman–Crippen LogP) is -0.271. The molecule has 0 radical (unpaired) electrons. The number of aliphatic hydroxyl groups is 1. The first kappa shape index (κ1) is 12.6. The van der Waals surface area contributed by atoms with Crippen molar-refractivity contribution in [3.8, 4) is 0 Å². The fourth-order valence-electron chi connectivity index (χ4n) is 1.26. The zero-order valence-electron chi connectivity index (χ0n) is 9.52. The van der Waals surface area contributed by atoms with Gasteiger partial charge in [0.15, 0.2) is 0 Å². The molecule has 0 aliphatic rings. The van der Waals surface area contributed by atoms with Crippen molar-refractivity contribution < 1.29 is 9.90 Å². The van der Waals surface area contributed by atoms with Crippen molar-refractivity contribution in [3.63, 3.8) is 0 Å². The van der Waals surface area contributed by atoms with Crippen molar-refractivity contribution in [2.45, 2.75) is 32.7 Å². The van der Waals surface area contributed by atoms with Crippen LogP contribution in [-0.4, -0.2) is 39.2 Å². The first-order valence-electron chi connectivity index (χ1n) is 5.52. The van der Waals surface area contributed by atoms with Gasteiger partial charge in [-0.1, -0.05) is 12.1 Å². The number of amides is 1. The molecule has 0 spiro atoms. The van der Waals surface area contributed by atoms with Gasteiger partial charge in [-0.05, 0) is 19.3 Å². The summed E-state index contributed by atoms with van der Waals surface area (Å²) in [5, 5.41) is 19.2. The van der Waals surface area contributed by atoms with Crippen molar-refractivity contribution in [2.24, 2.45) is 0 Å². The molecule has 0 bridgehead atoms. The molecule has 16 heavy (non-hydrogen) atoms. The second-order valence-electron chi connectivity index (χ2n) is 3.58. The summed E-state index contributed by atoms with van der Waals surface area (Å²) in [6.07, 6.45) is 4.01. The van der Waals surface area contributed by atoms with Crippen molar-refractivity contribution in [2.75, 3.05) is 13.2 Å². The highest BCUT2D eigenvalue weighted by Gasteiger charge is 2.04. The SMILES string of the molecule is CCCNC(=O)Cn1cc(CCCO)nn1. The van der Waals surface area contributed by atoms with Crippen molar-refractivity contribution in [1.29, 1.82) is 0 Å². The molecule has 0 unspecified atom stereocenters. The Morgan fingerprint density at radius 3 is 3.12 bits per heavy atom. The molecule has 1 amide bonds. The van der Waals surface area contributed by atoms with E-state index in [1.54, 1.807) is 6.20 Å². The van der Waals surface area contributed by atoms with E-state index in [-0.39, 0.29) is 19.1 Å². The van der Waals surface area contributed by atoms with E-state index in [0.29, 0.717) is 19.4 Å². The minimum absolute atomic E-state index is 0.0551. The molecule has 2 N–H and O–H groups in total. The highest BCUT2D eigenvalue weighted by atomic mass is 16.2. The van der Waals surface area contributed by atoms with Gasteiger partial charge in [-0.3, -0.25) is 4.79 Å². The molecule has 0 saturated heterocycles. The Hall–Kier alpha value is -1.43. The van der Waals surface area contributed by atoms with Crippen LogP contribution in [0.5, 0.6) is 0 Å². The van der Waals surface area contributed by atoms with Crippen LogP contribution in [-0.2, 0) is 17.8 Å². The van der Waals surface area contributed by atoms with E-state index < -0.39 is 0 Å². The minimum atomic E-state index is -0.0551. The van der Waals surface area contributed by atoms with E-state index in [1.165, 1.54) is 4.68 Å². The standard InChI is InChI=1S/C10H18N4O2/c1-2-5-11-10(16)8-14-7-9(12-13-14)4-3-6-15/h7,15H,2-6,8H2,1H3,(H,11,16). The first-order chi connectivity index (χ1) is 7.76. The number of rotatable bonds is 7. The zero-order chi connectivity index (χ0) is 11.8. The monoisotopic (exact) mass is 226 g/mol. The molecule has 1 heterocycles. The van der Waals surface area contributed by atoms with Gasteiger partial charge in [0.05, 0.1) is 5.69 Å². The second-order valence-corrected chi connectivity index (χ2v) is 3.58. The maximum atomic E-state index is 11.4. The van der Waals surface area contributed by atoms with Crippen molar-refractivity contribution >= 4 is 5.91 Å². The van der Waals surface area contributed by atoms with E-state index in [2.05, 4.69) is 15.6 Å². The van der Waals surface area contributed by atoms with Crippen LogP contribution in [0.25, 0.3) is 0 Å². The van der Waals surface area contributed by atoms with Crippen LogP contribution in [0, 0.1) is 0 Å². The largest absolute Gasteiger partial charge is 0.396 e. The Labute approximate surface area is 94.7 Å². The number of nitrogens with one attached hydrogen (secondary N) is 1. The lowest BCUT2D eigenvalue weighted by Gasteiger charge is -2.01. The van der Waals surface area contributed by atoms with E-state index in [0.717, 1.165) is 12.1 Å². The van der Waals surface area contributed by atoms with Crippen LogP contribution in [0.2, 0.25) is 0 Å².